The number of para-hydroxylation sites is 2. The summed E-state index contributed by atoms with van der Waals surface area (Å²) in [5, 5.41) is 12.9. The number of likely N-dealkylation sites (N-methyl/N-ethyl adjacent to an activating group) is 1. The molecule has 1 heterocycles. The zero-order valence-electron chi connectivity index (χ0n) is 21.7. The summed E-state index contributed by atoms with van der Waals surface area (Å²) in [6.07, 6.45) is 5.47. The van der Waals surface area contributed by atoms with Crippen LogP contribution >= 0.6 is 7.28 Å². The fourth-order valence-electron chi connectivity index (χ4n) is 5.57. The van der Waals surface area contributed by atoms with Gasteiger partial charge in [-0.25, -0.2) is 4.74 Å². The summed E-state index contributed by atoms with van der Waals surface area (Å²) < 4.78 is 12.4. The average Bonchev–Trinajstić information content (AvgIpc) is 3.10. The second kappa shape index (κ2) is 10.3. The van der Waals surface area contributed by atoms with Gasteiger partial charge >= 0.3 is 0 Å². The quantitative estimate of drug-likeness (QED) is 0.188. The molecular weight excluding hydrogens is 481 g/mol. The SMILES string of the molecule is CN1/C(=C\[P@](=Nc2ccccc2[N+](=O)[O-])(OC2CCCCC2)c2ccccc2)C(C)(C)c2ccccc21. The third-order valence-electron chi connectivity index (χ3n) is 7.56. The molecule has 3 aromatic rings. The number of allylic oxidation sites excluding steroid dienone is 1. The molecule has 0 spiro atoms. The van der Waals surface area contributed by atoms with E-state index in [2.05, 4.69) is 68.0 Å². The van der Waals surface area contributed by atoms with Gasteiger partial charge in [-0.3, -0.25) is 10.1 Å². The van der Waals surface area contributed by atoms with Crippen LogP contribution in [-0.2, 0) is 9.94 Å². The second-order valence-corrected chi connectivity index (χ2v) is 12.8. The minimum absolute atomic E-state index is 0.00391. The summed E-state index contributed by atoms with van der Waals surface area (Å²) in [6.45, 7) is 4.46. The lowest BCUT2D eigenvalue weighted by Gasteiger charge is -2.33. The number of nitro benzene ring substituents is 1. The molecule has 0 aromatic heterocycles. The average molecular weight is 516 g/mol. The highest BCUT2D eigenvalue weighted by atomic mass is 31.2. The van der Waals surface area contributed by atoms with E-state index < -0.39 is 7.28 Å². The maximum atomic E-state index is 12.0. The smallest absolute Gasteiger partial charge is 0.294 e. The molecule has 6 nitrogen and oxygen atoms in total. The molecule has 1 aliphatic heterocycles. The third kappa shape index (κ3) is 4.88. The Morgan fingerprint density at radius 3 is 2.32 bits per heavy atom. The van der Waals surface area contributed by atoms with E-state index in [0.717, 1.165) is 42.4 Å². The first kappa shape index (κ1) is 25.4. The largest absolute Gasteiger partial charge is 0.347 e. The first-order valence-electron chi connectivity index (χ1n) is 13.0. The Bertz CT molecular complexity index is 1380. The molecule has 1 aliphatic carbocycles. The number of hydrogen-bond donors (Lipinski definition) is 0. The van der Waals surface area contributed by atoms with Gasteiger partial charge < -0.3 is 9.42 Å². The van der Waals surface area contributed by atoms with Crippen LogP contribution in [0.25, 0.3) is 0 Å². The van der Waals surface area contributed by atoms with Gasteiger partial charge in [-0.05, 0) is 30.5 Å². The number of hydrogen-bond acceptors (Lipinski definition) is 5. The van der Waals surface area contributed by atoms with Gasteiger partial charge in [0.15, 0.2) is 0 Å². The predicted molar refractivity (Wildman–Crippen MR) is 152 cm³/mol. The van der Waals surface area contributed by atoms with Crippen molar-refractivity contribution in [2.45, 2.75) is 57.5 Å². The number of nitrogens with zero attached hydrogens (tertiary/aromatic N) is 3. The van der Waals surface area contributed by atoms with Gasteiger partial charge in [0.05, 0.1) is 11.0 Å². The summed E-state index contributed by atoms with van der Waals surface area (Å²) in [5.74, 6) is 2.22. The molecular formula is C30H34N3O3P. The van der Waals surface area contributed by atoms with Gasteiger partial charge in [-0.1, -0.05) is 93.8 Å². The molecule has 1 saturated carbocycles. The fourth-order valence-corrected chi connectivity index (χ4v) is 8.71. The van der Waals surface area contributed by atoms with Crippen LogP contribution in [0, 0.1) is 10.1 Å². The lowest BCUT2D eigenvalue weighted by molar-refractivity contribution is -0.384. The third-order valence-corrected chi connectivity index (χ3v) is 10.3. The molecule has 0 amide bonds. The van der Waals surface area contributed by atoms with Crippen molar-refractivity contribution < 1.29 is 9.45 Å². The van der Waals surface area contributed by atoms with E-state index in [4.69, 9.17) is 9.27 Å². The van der Waals surface area contributed by atoms with Crippen LogP contribution in [0.1, 0.15) is 51.5 Å². The van der Waals surface area contributed by atoms with Gasteiger partial charge in [0.1, 0.15) is 13.0 Å². The molecule has 0 N–H and O–H groups in total. The summed E-state index contributed by atoms with van der Waals surface area (Å²) in [5.41, 5.74) is 3.58. The van der Waals surface area contributed by atoms with E-state index in [0.29, 0.717) is 5.69 Å². The first-order chi connectivity index (χ1) is 17.8. The second-order valence-electron chi connectivity index (χ2n) is 10.4. The predicted octanol–water partition coefficient (Wildman–Crippen LogP) is 8.29. The molecule has 7 heteroatoms. The van der Waals surface area contributed by atoms with Gasteiger partial charge in [0.2, 0.25) is 0 Å². The monoisotopic (exact) mass is 515 g/mol. The van der Waals surface area contributed by atoms with Crippen molar-refractivity contribution in [3.8, 4) is 0 Å². The molecule has 5 rings (SSSR count). The van der Waals surface area contributed by atoms with Crippen molar-refractivity contribution in [2.75, 3.05) is 11.9 Å². The lowest BCUT2D eigenvalue weighted by Crippen LogP contribution is -2.25. The number of anilines is 1. The Hall–Kier alpha value is -3.21. The Kier molecular flexibility index (Phi) is 7.06. The van der Waals surface area contributed by atoms with Crippen LogP contribution in [0.3, 0.4) is 0 Å². The molecule has 0 radical (unpaired) electrons. The topological polar surface area (TPSA) is 68.0 Å². The maximum absolute atomic E-state index is 12.0. The number of nitro groups is 1. The van der Waals surface area contributed by atoms with Crippen molar-refractivity contribution in [1.82, 2.24) is 0 Å². The van der Waals surface area contributed by atoms with Crippen molar-refractivity contribution in [3.05, 3.63) is 106 Å². The van der Waals surface area contributed by atoms with Crippen molar-refractivity contribution in [1.29, 1.82) is 0 Å². The summed E-state index contributed by atoms with van der Waals surface area (Å²) in [7, 11) is -0.796. The van der Waals surface area contributed by atoms with Crippen molar-refractivity contribution in [3.63, 3.8) is 0 Å². The highest BCUT2D eigenvalue weighted by Gasteiger charge is 2.41. The number of benzene rings is 3. The minimum Gasteiger partial charge on any atom is -0.347 e. The Morgan fingerprint density at radius 2 is 1.62 bits per heavy atom. The van der Waals surface area contributed by atoms with Crippen LogP contribution in [0.15, 0.2) is 95.1 Å². The fraction of sp³-hybridized carbons (Fsp3) is 0.333. The molecule has 0 saturated heterocycles. The normalized spacial score (nSPS) is 19.9. The number of rotatable bonds is 6. The molecule has 2 aliphatic rings. The Morgan fingerprint density at radius 1 is 0.973 bits per heavy atom. The van der Waals surface area contributed by atoms with Crippen molar-refractivity contribution >= 4 is 29.6 Å². The highest BCUT2D eigenvalue weighted by molar-refractivity contribution is 7.72. The molecule has 0 unspecified atom stereocenters. The van der Waals surface area contributed by atoms with E-state index in [1.165, 1.54) is 18.1 Å². The van der Waals surface area contributed by atoms with E-state index >= 15 is 0 Å². The van der Waals surface area contributed by atoms with E-state index in [1.807, 2.05) is 18.2 Å². The Labute approximate surface area is 219 Å². The van der Waals surface area contributed by atoms with Crippen LogP contribution in [0.2, 0.25) is 0 Å². The van der Waals surface area contributed by atoms with Crippen LogP contribution in [-0.4, -0.2) is 18.1 Å². The molecule has 1 fully saturated rings. The van der Waals surface area contributed by atoms with Crippen LogP contribution in [0.5, 0.6) is 0 Å². The first-order valence-corrected chi connectivity index (χ1v) is 14.7. The summed E-state index contributed by atoms with van der Waals surface area (Å²) in [4.78, 5) is 13.9. The zero-order chi connectivity index (χ0) is 26.0. The maximum Gasteiger partial charge on any atom is 0.294 e. The van der Waals surface area contributed by atoms with E-state index in [1.54, 1.807) is 18.2 Å². The van der Waals surface area contributed by atoms with Gasteiger partial charge in [0, 0.05) is 41.0 Å². The van der Waals surface area contributed by atoms with Crippen LogP contribution < -0.4 is 10.2 Å². The van der Waals surface area contributed by atoms with Crippen molar-refractivity contribution in [2.24, 2.45) is 4.74 Å². The molecule has 1 atom stereocenters. The molecule has 3 aromatic carbocycles. The standard InChI is InChI=1S/C30H34N3O3P/c1-30(2)25-18-10-12-20-27(25)32(3)29(30)22-37(24-16-8-5-9-17-24,36-23-14-6-4-7-15-23)31-26-19-11-13-21-28(26)33(34)35/h5,8-13,16-23H,4,6-7,14-15H2,1-3H3/b29-22-/t37-/m0/s1. The molecule has 0 bridgehead atoms. The lowest BCUT2D eigenvalue weighted by atomic mass is 9.84. The van der Waals surface area contributed by atoms with Crippen LogP contribution in [0.4, 0.5) is 17.1 Å². The van der Waals surface area contributed by atoms with E-state index in [9.17, 15) is 10.1 Å². The zero-order valence-corrected chi connectivity index (χ0v) is 22.6. The van der Waals surface area contributed by atoms with E-state index in [-0.39, 0.29) is 22.1 Å². The summed E-state index contributed by atoms with van der Waals surface area (Å²) >= 11 is 0. The Balaban J connectivity index is 1.80. The van der Waals surface area contributed by atoms with Gasteiger partial charge in [0.25, 0.3) is 5.69 Å². The highest BCUT2D eigenvalue weighted by Crippen LogP contribution is 2.60. The minimum atomic E-state index is -2.88. The van der Waals surface area contributed by atoms with Gasteiger partial charge in [-0.2, -0.15) is 0 Å². The summed E-state index contributed by atoms with van der Waals surface area (Å²) in [6, 6.07) is 25.3. The molecule has 37 heavy (non-hydrogen) atoms. The van der Waals surface area contributed by atoms with Gasteiger partial charge in [-0.15, -0.1) is 0 Å². The number of fused-ring (bicyclic) bond motifs is 1. The molecule has 192 valence electrons.